The summed E-state index contributed by atoms with van der Waals surface area (Å²) in [6.07, 6.45) is 0. The zero-order valence-electron chi connectivity index (χ0n) is 16.1. The zero-order valence-corrected chi connectivity index (χ0v) is 17.7. The van der Waals surface area contributed by atoms with Gasteiger partial charge >= 0.3 is 0 Å². The largest absolute Gasteiger partial charge is 0.309 e. The molecule has 0 saturated carbocycles. The molecule has 3 aromatic carbocycles. The third kappa shape index (κ3) is 4.44. The Bertz CT molecular complexity index is 1120. The molecular formula is C22H21ClN2O3S. The molecule has 0 atom stereocenters. The minimum absolute atomic E-state index is 0.0370. The van der Waals surface area contributed by atoms with Crippen molar-refractivity contribution in [2.45, 2.75) is 11.8 Å². The van der Waals surface area contributed by atoms with Gasteiger partial charge in [0.05, 0.1) is 10.6 Å². The number of hydrogen-bond donors (Lipinski definition) is 0. The van der Waals surface area contributed by atoms with E-state index in [2.05, 4.69) is 0 Å². The van der Waals surface area contributed by atoms with Crippen molar-refractivity contribution in [3.63, 3.8) is 0 Å². The Kier molecular flexibility index (Phi) is 6.25. The summed E-state index contributed by atoms with van der Waals surface area (Å²) in [5.74, 6) is -0.263. The van der Waals surface area contributed by atoms with Crippen LogP contribution in [0.1, 0.15) is 17.3 Å². The number of anilines is 2. The highest BCUT2D eigenvalue weighted by Gasteiger charge is 2.24. The number of rotatable bonds is 6. The molecule has 29 heavy (non-hydrogen) atoms. The molecular weight excluding hydrogens is 408 g/mol. The van der Waals surface area contributed by atoms with Gasteiger partial charge in [-0.3, -0.25) is 9.10 Å². The van der Waals surface area contributed by atoms with E-state index >= 15 is 0 Å². The SMILES string of the molecule is CCN(C(=O)c1cccc(S(=O)(=O)N(C)c2cccc(Cl)c2)c1)c1ccccc1. The Morgan fingerprint density at radius 1 is 0.897 bits per heavy atom. The summed E-state index contributed by atoms with van der Waals surface area (Å²) in [5, 5.41) is 0.440. The van der Waals surface area contributed by atoms with E-state index in [9.17, 15) is 13.2 Å². The molecule has 0 N–H and O–H groups in total. The predicted octanol–water partition coefficient (Wildman–Crippen LogP) is 4.83. The van der Waals surface area contributed by atoms with E-state index in [4.69, 9.17) is 11.6 Å². The van der Waals surface area contributed by atoms with E-state index < -0.39 is 10.0 Å². The average molecular weight is 429 g/mol. The fourth-order valence-electron chi connectivity index (χ4n) is 2.97. The Labute approximate surface area is 176 Å². The summed E-state index contributed by atoms with van der Waals surface area (Å²) < 4.78 is 27.3. The Balaban J connectivity index is 1.95. The predicted molar refractivity (Wildman–Crippen MR) is 117 cm³/mol. The molecule has 3 rings (SSSR count). The monoisotopic (exact) mass is 428 g/mol. The highest BCUT2D eigenvalue weighted by Crippen LogP contribution is 2.26. The van der Waals surface area contributed by atoms with Crippen molar-refractivity contribution < 1.29 is 13.2 Å². The number of nitrogens with zero attached hydrogens (tertiary/aromatic N) is 2. The van der Waals surface area contributed by atoms with Crippen LogP contribution in [-0.4, -0.2) is 27.9 Å². The molecule has 0 unspecified atom stereocenters. The van der Waals surface area contributed by atoms with Crippen molar-refractivity contribution in [1.82, 2.24) is 0 Å². The van der Waals surface area contributed by atoms with Gasteiger partial charge in [-0.2, -0.15) is 0 Å². The summed E-state index contributed by atoms with van der Waals surface area (Å²) in [5.41, 5.74) is 1.49. The minimum atomic E-state index is -3.86. The van der Waals surface area contributed by atoms with Crippen molar-refractivity contribution >= 4 is 38.9 Å². The molecule has 0 aliphatic rings. The molecule has 0 aliphatic heterocycles. The van der Waals surface area contributed by atoms with E-state index in [1.807, 2.05) is 37.3 Å². The van der Waals surface area contributed by atoms with Crippen LogP contribution in [-0.2, 0) is 10.0 Å². The van der Waals surface area contributed by atoms with E-state index in [1.165, 1.54) is 19.2 Å². The second-order valence-corrected chi connectivity index (χ2v) is 8.77. The van der Waals surface area contributed by atoms with E-state index in [-0.39, 0.29) is 10.8 Å². The minimum Gasteiger partial charge on any atom is -0.309 e. The lowest BCUT2D eigenvalue weighted by Gasteiger charge is -2.22. The molecule has 0 aliphatic carbocycles. The number of benzene rings is 3. The van der Waals surface area contributed by atoms with Crippen LogP contribution in [0, 0.1) is 0 Å². The molecule has 1 amide bonds. The van der Waals surface area contributed by atoms with Gasteiger partial charge in [-0.15, -0.1) is 0 Å². The molecule has 150 valence electrons. The summed E-state index contributed by atoms with van der Waals surface area (Å²) in [4.78, 5) is 14.7. The van der Waals surface area contributed by atoms with Crippen molar-refractivity contribution in [2.75, 3.05) is 22.8 Å². The van der Waals surface area contributed by atoms with Gasteiger partial charge in [0.15, 0.2) is 0 Å². The van der Waals surface area contributed by atoms with Gasteiger partial charge in [0.2, 0.25) is 0 Å². The fraction of sp³-hybridized carbons (Fsp3) is 0.136. The molecule has 0 aromatic heterocycles. The van der Waals surface area contributed by atoms with Gasteiger partial charge in [-0.25, -0.2) is 8.42 Å². The number of hydrogen-bond acceptors (Lipinski definition) is 3. The van der Waals surface area contributed by atoms with Crippen LogP contribution in [0.5, 0.6) is 0 Å². The lowest BCUT2D eigenvalue weighted by atomic mass is 10.2. The molecule has 0 fully saturated rings. The molecule has 0 heterocycles. The number of amides is 1. The van der Waals surface area contributed by atoms with Crippen molar-refractivity contribution in [1.29, 1.82) is 0 Å². The number of carbonyl (C=O) groups is 1. The van der Waals surface area contributed by atoms with Crippen molar-refractivity contribution in [3.05, 3.63) is 89.4 Å². The summed E-state index contributed by atoms with van der Waals surface area (Å²) >= 11 is 5.99. The van der Waals surface area contributed by atoms with E-state index in [1.54, 1.807) is 41.3 Å². The highest BCUT2D eigenvalue weighted by molar-refractivity contribution is 7.92. The highest BCUT2D eigenvalue weighted by atomic mass is 35.5. The summed E-state index contributed by atoms with van der Waals surface area (Å²) in [6.45, 7) is 2.33. The first kappa shape index (κ1) is 20.9. The smallest absolute Gasteiger partial charge is 0.264 e. The summed E-state index contributed by atoms with van der Waals surface area (Å²) in [7, 11) is -2.40. The van der Waals surface area contributed by atoms with E-state index in [0.717, 1.165) is 9.99 Å². The van der Waals surface area contributed by atoms with Gasteiger partial charge < -0.3 is 4.90 Å². The van der Waals surface area contributed by atoms with Crippen molar-refractivity contribution in [3.8, 4) is 0 Å². The summed E-state index contributed by atoms with van der Waals surface area (Å²) in [6, 6.07) is 21.9. The Morgan fingerprint density at radius 2 is 1.55 bits per heavy atom. The quantitative estimate of drug-likeness (QED) is 0.564. The maximum atomic E-state index is 13.1. The third-order valence-corrected chi connectivity index (χ3v) is 6.56. The number of halogens is 1. The topological polar surface area (TPSA) is 57.7 Å². The zero-order chi connectivity index (χ0) is 21.0. The molecule has 0 spiro atoms. The van der Waals surface area contributed by atoms with Gasteiger partial charge in [0, 0.05) is 29.9 Å². The van der Waals surface area contributed by atoms with Crippen LogP contribution < -0.4 is 9.21 Å². The van der Waals surface area contributed by atoms with Crippen LogP contribution >= 0.6 is 11.6 Å². The third-order valence-electron chi connectivity index (χ3n) is 4.54. The van der Waals surface area contributed by atoms with Crippen LogP contribution in [0.4, 0.5) is 11.4 Å². The first-order valence-electron chi connectivity index (χ1n) is 9.06. The molecule has 7 heteroatoms. The Morgan fingerprint density at radius 3 is 2.21 bits per heavy atom. The Hall–Kier alpha value is -2.83. The lowest BCUT2D eigenvalue weighted by molar-refractivity contribution is 0.0988. The second kappa shape index (κ2) is 8.68. The van der Waals surface area contributed by atoms with Crippen LogP contribution in [0.25, 0.3) is 0 Å². The van der Waals surface area contributed by atoms with Crippen LogP contribution in [0.2, 0.25) is 5.02 Å². The fourth-order valence-corrected chi connectivity index (χ4v) is 4.38. The number of carbonyl (C=O) groups excluding carboxylic acids is 1. The maximum Gasteiger partial charge on any atom is 0.264 e. The molecule has 0 radical (unpaired) electrons. The average Bonchev–Trinajstić information content (AvgIpc) is 2.74. The number of para-hydroxylation sites is 1. The van der Waals surface area contributed by atoms with Gasteiger partial charge in [0.1, 0.15) is 0 Å². The second-order valence-electron chi connectivity index (χ2n) is 6.37. The lowest BCUT2D eigenvalue weighted by Crippen LogP contribution is -2.31. The first-order chi connectivity index (χ1) is 13.8. The van der Waals surface area contributed by atoms with Gasteiger partial charge in [-0.05, 0) is 55.5 Å². The molecule has 0 saturated heterocycles. The van der Waals surface area contributed by atoms with Crippen molar-refractivity contribution in [2.24, 2.45) is 0 Å². The van der Waals surface area contributed by atoms with Gasteiger partial charge in [0.25, 0.3) is 15.9 Å². The first-order valence-corrected chi connectivity index (χ1v) is 10.9. The van der Waals surface area contributed by atoms with Crippen LogP contribution in [0.15, 0.2) is 83.8 Å². The molecule has 5 nitrogen and oxygen atoms in total. The molecule has 3 aromatic rings. The van der Waals surface area contributed by atoms with Crippen LogP contribution in [0.3, 0.4) is 0 Å². The molecule has 0 bridgehead atoms. The maximum absolute atomic E-state index is 13.1. The van der Waals surface area contributed by atoms with E-state index in [0.29, 0.717) is 22.8 Å². The van der Waals surface area contributed by atoms with Gasteiger partial charge in [-0.1, -0.05) is 41.9 Å². The number of sulfonamides is 1. The normalized spacial score (nSPS) is 11.1. The standard InChI is InChI=1S/C22H21ClN2O3S/c1-3-25(19-11-5-4-6-12-19)22(26)17-9-7-14-21(15-17)29(27,28)24(2)20-13-8-10-18(23)16-20/h4-16H,3H2,1-2H3.